The molecule has 0 radical (unpaired) electrons. The van der Waals surface area contributed by atoms with E-state index in [1.54, 1.807) is 0 Å². The van der Waals surface area contributed by atoms with Crippen LogP contribution in [0.25, 0.3) is 0 Å². The SMILES string of the molecule is CC(C)(C)OC(=O)NCCCCNC(N)=NCC1CCC1.I. The Morgan fingerprint density at radius 3 is 2.32 bits per heavy atom. The lowest BCUT2D eigenvalue weighted by atomic mass is 9.86. The van der Waals surface area contributed by atoms with E-state index in [2.05, 4.69) is 15.6 Å². The van der Waals surface area contributed by atoms with Gasteiger partial charge in [-0.25, -0.2) is 4.79 Å². The number of halogens is 1. The fourth-order valence-corrected chi connectivity index (χ4v) is 1.93. The molecule has 1 aliphatic carbocycles. The predicted octanol–water partition coefficient (Wildman–Crippen LogP) is 2.61. The van der Waals surface area contributed by atoms with Crippen molar-refractivity contribution < 1.29 is 9.53 Å². The maximum atomic E-state index is 11.4. The molecule has 0 aromatic heterocycles. The van der Waals surface area contributed by atoms with Gasteiger partial charge in [-0.3, -0.25) is 4.99 Å². The Morgan fingerprint density at radius 1 is 1.23 bits per heavy atom. The molecule has 0 saturated heterocycles. The third-order valence-electron chi connectivity index (χ3n) is 3.32. The summed E-state index contributed by atoms with van der Waals surface area (Å²) in [6.45, 7) is 7.78. The highest BCUT2D eigenvalue weighted by Gasteiger charge is 2.16. The summed E-state index contributed by atoms with van der Waals surface area (Å²) in [5.74, 6) is 1.27. The van der Waals surface area contributed by atoms with Crippen LogP contribution in [0.5, 0.6) is 0 Å². The lowest BCUT2D eigenvalue weighted by Crippen LogP contribution is -2.35. The molecule has 1 aliphatic rings. The maximum absolute atomic E-state index is 11.4. The van der Waals surface area contributed by atoms with E-state index in [1.807, 2.05) is 20.8 Å². The zero-order valence-electron chi connectivity index (χ0n) is 14.0. The van der Waals surface area contributed by atoms with Gasteiger partial charge in [0, 0.05) is 19.6 Å². The van der Waals surface area contributed by atoms with Crippen LogP contribution in [-0.2, 0) is 4.74 Å². The molecule has 0 bridgehead atoms. The van der Waals surface area contributed by atoms with Gasteiger partial charge < -0.3 is 21.1 Å². The Balaban J connectivity index is 0.00000441. The molecule has 0 heterocycles. The summed E-state index contributed by atoms with van der Waals surface area (Å²) in [5.41, 5.74) is 5.33. The molecule has 0 aliphatic heterocycles. The van der Waals surface area contributed by atoms with Gasteiger partial charge in [0.05, 0.1) is 0 Å². The highest BCUT2D eigenvalue weighted by atomic mass is 127. The minimum atomic E-state index is -0.447. The van der Waals surface area contributed by atoms with Gasteiger partial charge in [-0.05, 0) is 52.4 Å². The van der Waals surface area contributed by atoms with Crippen molar-refractivity contribution in [1.82, 2.24) is 10.6 Å². The molecule has 4 N–H and O–H groups in total. The van der Waals surface area contributed by atoms with Crippen LogP contribution >= 0.6 is 24.0 Å². The second-order valence-corrected chi connectivity index (χ2v) is 6.59. The van der Waals surface area contributed by atoms with E-state index in [9.17, 15) is 4.79 Å². The molecular formula is C15H31IN4O2. The van der Waals surface area contributed by atoms with Gasteiger partial charge in [0.15, 0.2) is 5.96 Å². The normalized spacial score (nSPS) is 15.5. The second kappa shape index (κ2) is 10.9. The van der Waals surface area contributed by atoms with Crippen molar-refractivity contribution in [3.63, 3.8) is 0 Å². The van der Waals surface area contributed by atoms with Gasteiger partial charge in [0.25, 0.3) is 0 Å². The van der Waals surface area contributed by atoms with Gasteiger partial charge in [-0.1, -0.05) is 6.42 Å². The number of nitrogens with two attached hydrogens (primary N) is 1. The second-order valence-electron chi connectivity index (χ2n) is 6.59. The number of carbonyl (C=O) groups is 1. The van der Waals surface area contributed by atoms with Crippen LogP contribution < -0.4 is 16.4 Å². The van der Waals surface area contributed by atoms with E-state index in [4.69, 9.17) is 10.5 Å². The lowest BCUT2D eigenvalue weighted by molar-refractivity contribution is 0.0527. The average Bonchev–Trinajstić information content (AvgIpc) is 2.29. The number of carbonyl (C=O) groups excluding carboxylic acids is 1. The number of nitrogens with one attached hydrogen (secondary N) is 2. The topological polar surface area (TPSA) is 88.7 Å². The summed E-state index contributed by atoms with van der Waals surface area (Å²) in [5, 5.41) is 5.83. The number of guanidine groups is 1. The molecule has 130 valence electrons. The zero-order chi connectivity index (χ0) is 15.7. The van der Waals surface area contributed by atoms with Crippen LogP contribution in [0, 0.1) is 5.92 Å². The fourth-order valence-electron chi connectivity index (χ4n) is 1.93. The highest BCUT2D eigenvalue weighted by Crippen LogP contribution is 2.26. The van der Waals surface area contributed by atoms with Crippen LogP contribution in [0.4, 0.5) is 4.79 Å². The number of hydrogen-bond acceptors (Lipinski definition) is 3. The van der Waals surface area contributed by atoms with E-state index in [-0.39, 0.29) is 30.1 Å². The largest absolute Gasteiger partial charge is 0.444 e. The minimum absolute atomic E-state index is 0. The van der Waals surface area contributed by atoms with E-state index >= 15 is 0 Å². The van der Waals surface area contributed by atoms with Gasteiger partial charge in [-0.15, -0.1) is 24.0 Å². The van der Waals surface area contributed by atoms with Crippen LogP contribution in [0.2, 0.25) is 0 Å². The average molecular weight is 426 g/mol. The van der Waals surface area contributed by atoms with Crippen molar-refractivity contribution in [2.45, 2.75) is 58.5 Å². The van der Waals surface area contributed by atoms with Gasteiger partial charge >= 0.3 is 6.09 Å². The van der Waals surface area contributed by atoms with Crippen molar-refractivity contribution in [3.05, 3.63) is 0 Å². The summed E-state index contributed by atoms with van der Waals surface area (Å²) in [4.78, 5) is 15.7. The summed E-state index contributed by atoms with van der Waals surface area (Å²) in [6, 6.07) is 0. The summed E-state index contributed by atoms with van der Waals surface area (Å²) in [6.07, 6.45) is 5.34. The maximum Gasteiger partial charge on any atom is 0.407 e. The standard InChI is InChI=1S/C15H30N4O2.HI/c1-15(2,3)21-14(20)18-10-5-4-9-17-13(16)19-11-12-7-6-8-12;/h12H,4-11H2,1-3H3,(H,18,20)(H3,16,17,19);1H. The Kier molecular flexibility index (Phi) is 10.5. The first-order valence-corrected chi connectivity index (χ1v) is 7.87. The van der Waals surface area contributed by atoms with Crippen LogP contribution in [0.1, 0.15) is 52.9 Å². The first kappa shape index (κ1) is 21.3. The fraction of sp³-hybridized carbons (Fsp3) is 0.867. The number of rotatable bonds is 7. The third-order valence-corrected chi connectivity index (χ3v) is 3.32. The minimum Gasteiger partial charge on any atom is -0.444 e. The molecule has 22 heavy (non-hydrogen) atoms. The number of amides is 1. The lowest BCUT2D eigenvalue weighted by Gasteiger charge is -2.23. The highest BCUT2D eigenvalue weighted by molar-refractivity contribution is 14.0. The van der Waals surface area contributed by atoms with Crippen LogP contribution in [-0.4, -0.2) is 37.3 Å². The smallest absolute Gasteiger partial charge is 0.407 e. The zero-order valence-corrected chi connectivity index (χ0v) is 16.3. The Bertz CT molecular complexity index is 352. The first-order chi connectivity index (χ1) is 9.87. The molecule has 6 nitrogen and oxygen atoms in total. The number of ether oxygens (including phenoxy) is 1. The molecule has 0 atom stereocenters. The number of aliphatic imine (C=N–C) groups is 1. The van der Waals surface area contributed by atoms with Gasteiger partial charge in [-0.2, -0.15) is 0 Å². The van der Waals surface area contributed by atoms with Crippen molar-refractivity contribution in [3.8, 4) is 0 Å². The van der Waals surface area contributed by atoms with Gasteiger partial charge in [0.1, 0.15) is 5.60 Å². The molecule has 7 heteroatoms. The third kappa shape index (κ3) is 10.9. The van der Waals surface area contributed by atoms with E-state index in [0.717, 1.165) is 31.8 Å². The number of alkyl carbamates (subject to hydrolysis) is 1. The monoisotopic (exact) mass is 426 g/mol. The van der Waals surface area contributed by atoms with Crippen molar-refractivity contribution in [2.75, 3.05) is 19.6 Å². The molecule has 0 unspecified atom stereocenters. The molecule has 0 aromatic carbocycles. The number of unbranched alkanes of at least 4 members (excludes halogenated alkanes) is 1. The van der Waals surface area contributed by atoms with E-state index in [0.29, 0.717) is 12.5 Å². The quantitative estimate of drug-likeness (QED) is 0.253. The van der Waals surface area contributed by atoms with E-state index in [1.165, 1.54) is 19.3 Å². The molecule has 1 saturated carbocycles. The van der Waals surface area contributed by atoms with Crippen molar-refractivity contribution >= 4 is 36.0 Å². The molecule has 0 spiro atoms. The number of hydrogen-bond donors (Lipinski definition) is 3. The Morgan fingerprint density at radius 2 is 1.82 bits per heavy atom. The molecule has 0 aromatic rings. The first-order valence-electron chi connectivity index (χ1n) is 7.87. The van der Waals surface area contributed by atoms with Gasteiger partial charge in [0.2, 0.25) is 0 Å². The predicted molar refractivity (Wildman–Crippen MR) is 101 cm³/mol. The van der Waals surface area contributed by atoms with Crippen LogP contribution in [0.3, 0.4) is 0 Å². The molecule has 1 amide bonds. The Labute approximate surface area is 151 Å². The van der Waals surface area contributed by atoms with Crippen molar-refractivity contribution in [2.24, 2.45) is 16.6 Å². The van der Waals surface area contributed by atoms with Crippen LogP contribution in [0.15, 0.2) is 4.99 Å². The number of nitrogens with zero attached hydrogens (tertiary/aromatic N) is 1. The summed E-state index contributed by atoms with van der Waals surface area (Å²) < 4.78 is 5.15. The summed E-state index contributed by atoms with van der Waals surface area (Å²) >= 11 is 0. The molecular weight excluding hydrogens is 395 g/mol. The Hall–Kier alpha value is -0.730. The summed E-state index contributed by atoms with van der Waals surface area (Å²) in [7, 11) is 0. The van der Waals surface area contributed by atoms with E-state index < -0.39 is 5.60 Å². The molecule has 1 rings (SSSR count). The molecule has 1 fully saturated rings. The van der Waals surface area contributed by atoms with Crippen molar-refractivity contribution in [1.29, 1.82) is 0 Å².